The van der Waals surface area contributed by atoms with Crippen LogP contribution in [0.1, 0.15) is 11.1 Å². The molecule has 0 spiro atoms. The first-order valence-electron chi connectivity index (χ1n) is 18.8. The molecule has 0 saturated carbocycles. The first kappa shape index (κ1) is 30.7. The third-order valence-electron chi connectivity index (χ3n) is 11.6. The molecule has 11 aromatic rings. The number of aryl methyl sites for hydroxylation is 2. The van der Waals surface area contributed by atoms with Gasteiger partial charge in [0.05, 0.1) is 22.1 Å². The summed E-state index contributed by atoms with van der Waals surface area (Å²) in [5.41, 5.74) is 14.7. The van der Waals surface area contributed by atoms with Crippen molar-refractivity contribution in [1.29, 1.82) is 0 Å². The molecule has 0 fully saturated rings. The summed E-state index contributed by atoms with van der Waals surface area (Å²) >= 11 is 0. The van der Waals surface area contributed by atoms with Crippen molar-refractivity contribution in [3.63, 3.8) is 0 Å². The normalized spacial score (nSPS) is 11.9. The lowest BCUT2D eigenvalue weighted by Crippen LogP contribution is -1.97. The van der Waals surface area contributed by atoms with Gasteiger partial charge in [0, 0.05) is 32.9 Å². The number of hydrogen-bond donors (Lipinski definition) is 0. The summed E-state index contributed by atoms with van der Waals surface area (Å²) in [5.74, 6) is 0. The Hall–Kier alpha value is -6.90. The molecule has 0 saturated heterocycles. The van der Waals surface area contributed by atoms with E-state index in [0.717, 1.165) is 11.4 Å². The second kappa shape index (κ2) is 11.8. The largest absolute Gasteiger partial charge is 0.309 e. The number of benzene rings is 9. The molecule has 0 unspecified atom stereocenters. The minimum atomic E-state index is 1.15. The summed E-state index contributed by atoms with van der Waals surface area (Å²) in [5, 5.41) is 10.2. The van der Waals surface area contributed by atoms with Crippen LogP contribution < -0.4 is 0 Å². The highest BCUT2D eigenvalue weighted by molar-refractivity contribution is 6.14. The average molecular weight is 689 g/mol. The fraction of sp³-hybridized carbons (Fsp3) is 0.0385. The zero-order chi connectivity index (χ0) is 35.9. The van der Waals surface area contributed by atoms with E-state index in [0.29, 0.717) is 0 Å². The summed E-state index contributed by atoms with van der Waals surface area (Å²) in [6.45, 7) is 4.45. The predicted molar refractivity (Wildman–Crippen MR) is 230 cm³/mol. The van der Waals surface area contributed by atoms with Gasteiger partial charge in [-0.1, -0.05) is 133 Å². The molecular weight excluding hydrogens is 653 g/mol. The minimum absolute atomic E-state index is 1.15. The highest BCUT2D eigenvalue weighted by Gasteiger charge is 2.18. The molecule has 2 nitrogen and oxygen atoms in total. The molecular formula is C52H36N2. The van der Waals surface area contributed by atoms with Crippen LogP contribution in [0.15, 0.2) is 182 Å². The zero-order valence-corrected chi connectivity index (χ0v) is 30.2. The molecule has 0 atom stereocenters. The molecule has 0 aliphatic carbocycles. The molecule has 2 heterocycles. The van der Waals surface area contributed by atoms with Gasteiger partial charge >= 0.3 is 0 Å². The Bertz CT molecular complexity index is 3050. The van der Waals surface area contributed by atoms with Gasteiger partial charge in [0.1, 0.15) is 0 Å². The molecule has 0 aliphatic heterocycles. The maximum Gasteiger partial charge on any atom is 0.0547 e. The summed E-state index contributed by atoms with van der Waals surface area (Å²) in [6, 6.07) is 67.1. The number of hydrogen-bond acceptors (Lipinski definition) is 0. The molecule has 0 amide bonds. The highest BCUT2D eigenvalue weighted by Crippen LogP contribution is 2.40. The van der Waals surface area contributed by atoms with Gasteiger partial charge in [0.25, 0.3) is 0 Å². The van der Waals surface area contributed by atoms with Crippen molar-refractivity contribution in [3.05, 3.63) is 193 Å². The van der Waals surface area contributed by atoms with Crippen LogP contribution in [0.5, 0.6) is 0 Å². The summed E-state index contributed by atoms with van der Waals surface area (Å²) in [7, 11) is 0. The highest BCUT2D eigenvalue weighted by atomic mass is 15.0. The van der Waals surface area contributed by atoms with Gasteiger partial charge in [0.2, 0.25) is 0 Å². The third kappa shape index (κ3) is 4.53. The average Bonchev–Trinajstić information content (AvgIpc) is 3.74. The van der Waals surface area contributed by atoms with E-state index in [1.807, 2.05) is 0 Å². The van der Waals surface area contributed by atoms with E-state index in [1.54, 1.807) is 0 Å². The smallest absolute Gasteiger partial charge is 0.0547 e. The molecule has 0 aliphatic rings. The Morgan fingerprint density at radius 3 is 1.19 bits per heavy atom. The Morgan fingerprint density at radius 2 is 0.722 bits per heavy atom. The van der Waals surface area contributed by atoms with Crippen molar-refractivity contribution in [2.24, 2.45) is 0 Å². The van der Waals surface area contributed by atoms with E-state index >= 15 is 0 Å². The zero-order valence-electron chi connectivity index (χ0n) is 30.2. The van der Waals surface area contributed by atoms with E-state index in [9.17, 15) is 0 Å². The van der Waals surface area contributed by atoms with Crippen LogP contribution in [-0.2, 0) is 0 Å². The molecule has 2 heteroatoms. The van der Waals surface area contributed by atoms with Crippen molar-refractivity contribution < 1.29 is 0 Å². The first-order chi connectivity index (χ1) is 26.6. The maximum atomic E-state index is 2.45. The van der Waals surface area contributed by atoms with Crippen LogP contribution in [0.2, 0.25) is 0 Å². The standard InChI is InChI=1S/C52H36N2/c1-33-11-7-21-47-51(33)45-29-23-37(43-19-9-15-35-13-3-5-17-41(35)43)31-49(45)53(47)39-25-27-40(28-26-39)54-48-22-8-12-34(2)52(48)46-30-24-38(32-50(46)54)44-20-10-16-36-14-4-6-18-42(36)44/h3-32H,1-2H3. The number of aromatic nitrogens is 2. The van der Waals surface area contributed by atoms with Crippen molar-refractivity contribution in [2.75, 3.05) is 0 Å². The molecule has 11 rings (SSSR count). The van der Waals surface area contributed by atoms with Crippen molar-refractivity contribution >= 4 is 65.2 Å². The van der Waals surface area contributed by atoms with Crippen LogP contribution in [0, 0.1) is 13.8 Å². The third-order valence-corrected chi connectivity index (χ3v) is 11.6. The van der Waals surface area contributed by atoms with Gasteiger partial charge in [-0.3, -0.25) is 0 Å². The van der Waals surface area contributed by atoms with Gasteiger partial charge in [0.15, 0.2) is 0 Å². The lowest BCUT2D eigenvalue weighted by atomic mass is 9.97. The fourth-order valence-corrected chi connectivity index (χ4v) is 9.09. The van der Waals surface area contributed by atoms with E-state index in [2.05, 4.69) is 205 Å². The van der Waals surface area contributed by atoms with Gasteiger partial charge in [-0.15, -0.1) is 0 Å². The van der Waals surface area contributed by atoms with Crippen LogP contribution >= 0.6 is 0 Å². The SMILES string of the molecule is Cc1cccc2c1c1ccc(-c3cccc4ccccc34)cc1n2-c1ccc(-n2c3cc(-c4cccc5ccccc45)ccc3c3c(C)cccc32)cc1. The van der Waals surface area contributed by atoms with E-state index in [1.165, 1.54) is 98.5 Å². The minimum Gasteiger partial charge on any atom is -0.309 e. The van der Waals surface area contributed by atoms with Crippen LogP contribution in [0.4, 0.5) is 0 Å². The molecule has 9 aromatic carbocycles. The summed E-state index contributed by atoms with van der Waals surface area (Å²) in [6.07, 6.45) is 0. The van der Waals surface area contributed by atoms with Gasteiger partial charge in [-0.05, 0) is 117 Å². The van der Waals surface area contributed by atoms with E-state index in [4.69, 9.17) is 0 Å². The Morgan fingerprint density at radius 1 is 0.315 bits per heavy atom. The van der Waals surface area contributed by atoms with E-state index in [-0.39, 0.29) is 0 Å². The molecule has 2 aromatic heterocycles. The molecule has 54 heavy (non-hydrogen) atoms. The van der Waals surface area contributed by atoms with Gasteiger partial charge in [-0.2, -0.15) is 0 Å². The Labute approximate surface area is 313 Å². The summed E-state index contributed by atoms with van der Waals surface area (Å²) in [4.78, 5) is 0. The van der Waals surface area contributed by atoms with Crippen molar-refractivity contribution in [2.45, 2.75) is 13.8 Å². The molecule has 0 bridgehead atoms. The number of nitrogens with zero attached hydrogens (tertiary/aromatic N) is 2. The topological polar surface area (TPSA) is 9.86 Å². The van der Waals surface area contributed by atoms with Gasteiger partial charge in [-0.25, -0.2) is 0 Å². The first-order valence-corrected chi connectivity index (χ1v) is 18.8. The lowest BCUT2D eigenvalue weighted by molar-refractivity contribution is 1.14. The monoisotopic (exact) mass is 688 g/mol. The van der Waals surface area contributed by atoms with Crippen LogP contribution in [0.25, 0.3) is 98.8 Å². The quantitative estimate of drug-likeness (QED) is 0.174. The second-order valence-corrected chi connectivity index (χ2v) is 14.6. The lowest BCUT2D eigenvalue weighted by Gasteiger charge is -2.13. The Kier molecular flexibility index (Phi) is 6.72. The molecule has 0 radical (unpaired) electrons. The van der Waals surface area contributed by atoms with Crippen LogP contribution in [0.3, 0.4) is 0 Å². The maximum absolute atomic E-state index is 2.45. The van der Waals surface area contributed by atoms with Crippen molar-refractivity contribution in [3.8, 4) is 33.6 Å². The van der Waals surface area contributed by atoms with Gasteiger partial charge < -0.3 is 9.13 Å². The van der Waals surface area contributed by atoms with Crippen molar-refractivity contribution in [1.82, 2.24) is 9.13 Å². The van der Waals surface area contributed by atoms with E-state index < -0.39 is 0 Å². The second-order valence-electron chi connectivity index (χ2n) is 14.6. The summed E-state index contributed by atoms with van der Waals surface area (Å²) < 4.78 is 4.90. The fourth-order valence-electron chi connectivity index (χ4n) is 9.09. The Balaban J connectivity index is 1.11. The number of rotatable bonds is 4. The number of fused-ring (bicyclic) bond motifs is 8. The molecule has 0 N–H and O–H groups in total. The van der Waals surface area contributed by atoms with Crippen LogP contribution in [-0.4, -0.2) is 9.13 Å². The predicted octanol–water partition coefficient (Wildman–Crippen LogP) is 14.1. The molecule has 254 valence electrons.